The van der Waals surface area contributed by atoms with Gasteiger partial charge in [-0.1, -0.05) is 12.1 Å². The molecule has 1 nitrogen and oxygen atoms in total. The van der Waals surface area contributed by atoms with E-state index in [-0.39, 0.29) is 17.8 Å². The number of carbonyl (C=O) groups excluding carboxylic acids is 1. The van der Waals surface area contributed by atoms with Gasteiger partial charge in [-0.3, -0.25) is 4.79 Å². The number of rotatable bonds is 3. The lowest BCUT2D eigenvalue weighted by Crippen LogP contribution is -2.09. The Morgan fingerprint density at radius 1 is 0.950 bits per heavy atom. The Morgan fingerprint density at radius 2 is 1.50 bits per heavy atom. The highest BCUT2D eigenvalue weighted by atomic mass is 19.1. The van der Waals surface area contributed by atoms with Crippen molar-refractivity contribution in [1.29, 1.82) is 0 Å². The number of benzene rings is 2. The molecule has 104 valence electrons. The molecule has 3 heteroatoms. The Bertz CT molecular complexity index is 655. The molecule has 2 aromatic carbocycles. The molecule has 0 aliphatic heterocycles. The molecule has 0 saturated heterocycles. The van der Waals surface area contributed by atoms with E-state index in [0.29, 0.717) is 5.56 Å². The van der Waals surface area contributed by atoms with Gasteiger partial charge in [0.15, 0.2) is 5.78 Å². The number of hydrogen-bond acceptors (Lipinski definition) is 1. The van der Waals surface area contributed by atoms with Crippen LogP contribution in [0, 0.1) is 32.4 Å². The van der Waals surface area contributed by atoms with Crippen molar-refractivity contribution in [2.45, 2.75) is 27.2 Å². The standard InChI is InChI=1S/C17H16F2O/c1-10-7-12(3)13(8-11(10)2)17(20)9-14-15(18)5-4-6-16(14)19/h4-8H,9H2,1-3H3. The van der Waals surface area contributed by atoms with Crippen molar-refractivity contribution in [3.63, 3.8) is 0 Å². The minimum absolute atomic E-state index is 0.171. The third-order valence-corrected chi connectivity index (χ3v) is 3.54. The Balaban J connectivity index is 2.36. The van der Waals surface area contributed by atoms with E-state index in [4.69, 9.17) is 0 Å². The molecule has 20 heavy (non-hydrogen) atoms. The minimum Gasteiger partial charge on any atom is -0.294 e. The second-order valence-corrected chi connectivity index (χ2v) is 5.05. The van der Waals surface area contributed by atoms with E-state index in [1.807, 2.05) is 26.8 Å². The molecule has 0 aliphatic rings. The summed E-state index contributed by atoms with van der Waals surface area (Å²) in [6.45, 7) is 5.71. The summed E-state index contributed by atoms with van der Waals surface area (Å²) >= 11 is 0. The predicted octanol–water partition coefficient (Wildman–Crippen LogP) is 4.32. The minimum atomic E-state index is -0.681. The summed E-state index contributed by atoms with van der Waals surface area (Å²) in [6, 6.07) is 7.32. The van der Waals surface area contributed by atoms with E-state index in [0.717, 1.165) is 16.7 Å². The quantitative estimate of drug-likeness (QED) is 0.762. The molecule has 0 amide bonds. The van der Waals surface area contributed by atoms with Crippen LogP contribution < -0.4 is 0 Å². The molecule has 0 aromatic heterocycles. The number of Topliss-reactive ketones (excluding diaryl/α,β-unsaturated/α-hetero) is 1. The van der Waals surface area contributed by atoms with Gasteiger partial charge in [0.05, 0.1) is 0 Å². The molecular formula is C17H16F2O. The molecule has 0 heterocycles. The Kier molecular flexibility index (Phi) is 3.98. The Morgan fingerprint density at radius 3 is 2.10 bits per heavy atom. The lowest BCUT2D eigenvalue weighted by molar-refractivity contribution is 0.0990. The highest BCUT2D eigenvalue weighted by Gasteiger charge is 2.16. The molecule has 0 saturated carbocycles. The van der Waals surface area contributed by atoms with Gasteiger partial charge in [-0.05, 0) is 55.7 Å². The van der Waals surface area contributed by atoms with E-state index >= 15 is 0 Å². The van der Waals surface area contributed by atoms with Crippen molar-refractivity contribution >= 4 is 5.78 Å². The van der Waals surface area contributed by atoms with Gasteiger partial charge in [0.1, 0.15) is 11.6 Å². The summed E-state index contributed by atoms with van der Waals surface area (Å²) in [7, 11) is 0. The van der Waals surface area contributed by atoms with Crippen LogP contribution in [-0.4, -0.2) is 5.78 Å². The molecule has 0 radical (unpaired) electrons. The average Bonchev–Trinajstić information content (AvgIpc) is 2.38. The van der Waals surface area contributed by atoms with Gasteiger partial charge in [-0.15, -0.1) is 0 Å². The van der Waals surface area contributed by atoms with Gasteiger partial charge in [0.2, 0.25) is 0 Å². The highest BCUT2D eigenvalue weighted by molar-refractivity contribution is 5.99. The Labute approximate surface area is 117 Å². The van der Waals surface area contributed by atoms with Crippen LogP contribution in [-0.2, 0) is 6.42 Å². The maximum absolute atomic E-state index is 13.6. The highest BCUT2D eigenvalue weighted by Crippen LogP contribution is 2.19. The molecular weight excluding hydrogens is 258 g/mol. The second kappa shape index (κ2) is 5.53. The van der Waals surface area contributed by atoms with Crippen molar-refractivity contribution in [1.82, 2.24) is 0 Å². The fourth-order valence-electron chi connectivity index (χ4n) is 2.22. The number of carbonyl (C=O) groups is 1. The van der Waals surface area contributed by atoms with E-state index in [1.54, 1.807) is 6.07 Å². The van der Waals surface area contributed by atoms with Crippen LogP contribution in [0.15, 0.2) is 30.3 Å². The van der Waals surface area contributed by atoms with Gasteiger partial charge >= 0.3 is 0 Å². The molecule has 2 aromatic rings. The molecule has 0 aliphatic carbocycles. The van der Waals surface area contributed by atoms with Crippen molar-refractivity contribution in [3.05, 3.63) is 69.8 Å². The predicted molar refractivity (Wildman–Crippen MR) is 75.0 cm³/mol. The van der Waals surface area contributed by atoms with Crippen LogP contribution in [0.3, 0.4) is 0 Å². The van der Waals surface area contributed by atoms with Crippen molar-refractivity contribution in [2.24, 2.45) is 0 Å². The third kappa shape index (κ3) is 2.77. The summed E-state index contributed by atoms with van der Waals surface area (Å²) in [5, 5.41) is 0. The lowest BCUT2D eigenvalue weighted by Gasteiger charge is -2.10. The summed E-state index contributed by atoms with van der Waals surface area (Å²) in [5.41, 5.74) is 3.27. The topological polar surface area (TPSA) is 17.1 Å². The number of ketones is 1. The van der Waals surface area contributed by atoms with Gasteiger partial charge < -0.3 is 0 Å². The summed E-state index contributed by atoms with van der Waals surface area (Å²) in [6.07, 6.45) is -0.262. The molecule has 0 unspecified atom stereocenters. The van der Waals surface area contributed by atoms with E-state index in [1.165, 1.54) is 18.2 Å². The van der Waals surface area contributed by atoms with Crippen molar-refractivity contribution < 1.29 is 13.6 Å². The molecule has 0 spiro atoms. The Hall–Kier alpha value is -2.03. The molecule has 0 N–H and O–H groups in total. The molecule has 0 fully saturated rings. The lowest BCUT2D eigenvalue weighted by atomic mass is 9.95. The summed E-state index contributed by atoms with van der Waals surface area (Å²) < 4.78 is 27.2. The van der Waals surface area contributed by atoms with Crippen LogP contribution >= 0.6 is 0 Å². The average molecular weight is 274 g/mol. The van der Waals surface area contributed by atoms with Crippen molar-refractivity contribution in [2.75, 3.05) is 0 Å². The second-order valence-electron chi connectivity index (χ2n) is 5.05. The van der Waals surface area contributed by atoms with Crippen LogP contribution in [0.1, 0.15) is 32.6 Å². The zero-order valence-corrected chi connectivity index (χ0v) is 11.8. The van der Waals surface area contributed by atoms with Crippen LogP contribution in [0.4, 0.5) is 8.78 Å². The van der Waals surface area contributed by atoms with Gasteiger partial charge in [-0.2, -0.15) is 0 Å². The van der Waals surface area contributed by atoms with E-state index < -0.39 is 11.6 Å². The number of hydrogen-bond donors (Lipinski definition) is 0. The van der Waals surface area contributed by atoms with Gasteiger partial charge in [0, 0.05) is 17.5 Å². The van der Waals surface area contributed by atoms with Crippen molar-refractivity contribution in [3.8, 4) is 0 Å². The van der Waals surface area contributed by atoms with Crippen LogP contribution in [0.25, 0.3) is 0 Å². The fraction of sp³-hybridized carbons (Fsp3) is 0.235. The maximum Gasteiger partial charge on any atom is 0.167 e. The zero-order chi connectivity index (χ0) is 14.9. The van der Waals surface area contributed by atoms with Gasteiger partial charge in [0.25, 0.3) is 0 Å². The smallest absolute Gasteiger partial charge is 0.167 e. The normalized spacial score (nSPS) is 10.7. The summed E-state index contributed by atoms with van der Waals surface area (Å²) in [5.74, 6) is -1.63. The SMILES string of the molecule is Cc1cc(C)c(C(=O)Cc2c(F)cccc2F)cc1C. The first-order valence-electron chi connectivity index (χ1n) is 6.44. The first-order chi connectivity index (χ1) is 9.40. The molecule has 2 rings (SSSR count). The number of halogens is 2. The largest absolute Gasteiger partial charge is 0.294 e. The van der Waals surface area contributed by atoms with Crippen LogP contribution in [0.2, 0.25) is 0 Å². The fourth-order valence-corrected chi connectivity index (χ4v) is 2.22. The first-order valence-corrected chi connectivity index (χ1v) is 6.44. The van der Waals surface area contributed by atoms with Gasteiger partial charge in [-0.25, -0.2) is 8.78 Å². The van der Waals surface area contributed by atoms with E-state index in [9.17, 15) is 13.6 Å². The monoisotopic (exact) mass is 274 g/mol. The zero-order valence-electron chi connectivity index (χ0n) is 11.8. The first kappa shape index (κ1) is 14.4. The number of aryl methyl sites for hydroxylation is 3. The van der Waals surface area contributed by atoms with E-state index in [2.05, 4.69) is 0 Å². The molecule has 0 bridgehead atoms. The molecule has 0 atom stereocenters. The summed E-state index contributed by atoms with van der Waals surface area (Å²) in [4.78, 5) is 12.3. The third-order valence-electron chi connectivity index (χ3n) is 3.54. The maximum atomic E-state index is 13.6. The van der Waals surface area contributed by atoms with Crippen LogP contribution in [0.5, 0.6) is 0 Å².